The molecule has 8 heteroatoms. The lowest BCUT2D eigenvalue weighted by Gasteiger charge is -2.14. The van der Waals surface area contributed by atoms with Crippen molar-refractivity contribution < 1.29 is 17.9 Å². The summed E-state index contributed by atoms with van der Waals surface area (Å²) in [5.74, 6) is 0.0492. The molecule has 3 N–H and O–H groups in total. The predicted molar refractivity (Wildman–Crippen MR) is 121 cm³/mol. The molecule has 3 aromatic carbocycles. The van der Waals surface area contributed by atoms with Crippen LogP contribution in [0.3, 0.4) is 0 Å². The Morgan fingerprint density at radius 3 is 2.48 bits per heavy atom. The molecule has 0 fully saturated rings. The normalized spacial score (nSPS) is 11.3. The Morgan fingerprint density at radius 1 is 0.968 bits per heavy atom. The van der Waals surface area contributed by atoms with Crippen molar-refractivity contribution in [2.45, 2.75) is 11.8 Å². The SMILES string of the molecule is COc1ccccc1NS(=O)(=O)c1cc(NC(=O)c2cc3ccccc3[nH]2)ccc1C. The van der Waals surface area contributed by atoms with E-state index in [1.165, 1.54) is 13.2 Å². The lowest BCUT2D eigenvalue weighted by atomic mass is 10.2. The van der Waals surface area contributed by atoms with Gasteiger partial charge in [-0.2, -0.15) is 0 Å². The highest BCUT2D eigenvalue weighted by atomic mass is 32.2. The predicted octanol–water partition coefficient (Wildman–Crippen LogP) is 4.54. The van der Waals surface area contributed by atoms with E-state index < -0.39 is 10.0 Å². The molecule has 0 saturated carbocycles. The molecule has 0 unspecified atom stereocenters. The largest absolute Gasteiger partial charge is 0.495 e. The van der Waals surface area contributed by atoms with Gasteiger partial charge >= 0.3 is 0 Å². The van der Waals surface area contributed by atoms with E-state index in [1.807, 2.05) is 24.3 Å². The van der Waals surface area contributed by atoms with Crippen molar-refractivity contribution >= 4 is 38.2 Å². The molecule has 1 heterocycles. The minimum Gasteiger partial charge on any atom is -0.495 e. The number of aromatic nitrogens is 1. The third-order valence-corrected chi connectivity index (χ3v) is 6.37. The second kappa shape index (κ2) is 8.16. The molecule has 0 aliphatic carbocycles. The summed E-state index contributed by atoms with van der Waals surface area (Å²) in [5.41, 5.74) is 2.48. The summed E-state index contributed by atoms with van der Waals surface area (Å²) in [5, 5.41) is 3.68. The molecule has 31 heavy (non-hydrogen) atoms. The van der Waals surface area contributed by atoms with Crippen molar-refractivity contribution in [3.8, 4) is 5.75 Å². The summed E-state index contributed by atoms with van der Waals surface area (Å²) in [6, 6.07) is 20.8. The van der Waals surface area contributed by atoms with E-state index in [-0.39, 0.29) is 10.8 Å². The van der Waals surface area contributed by atoms with Crippen LogP contribution in [0.25, 0.3) is 10.9 Å². The highest BCUT2D eigenvalue weighted by Gasteiger charge is 2.20. The first-order chi connectivity index (χ1) is 14.9. The molecule has 158 valence electrons. The number of ether oxygens (including phenoxy) is 1. The number of hydrogen-bond acceptors (Lipinski definition) is 4. The number of aromatic amines is 1. The maximum absolute atomic E-state index is 13.0. The highest BCUT2D eigenvalue weighted by Crippen LogP contribution is 2.28. The van der Waals surface area contributed by atoms with Crippen molar-refractivity contribution in [2.75, 3.05) is 17.1 Å². The first-order valence-electron chi connectivity index (χ1n) is 9.53. The summed E-state index contributed by atoms with van der Waals surface area (Å²) < 4.78 is 33.8. The summed E-state index contributed by atoms with van der Waals surface area (Å²) in [6.07, 6.45) is 0. The minimum atomic E-state index is -3.91. The lowest BCUT2D eigenvalue weighted by molar-refractivity contribution is 0.102. The fraction of sp³-hybridized carbons (Fsp3) is 0.0870. The van der Waals surface area contributed by atoms with Gasteiger partial charge in [0.15, 0.2) is 0 Å². The molecular formula is C23H21N3O4S. The van der Waals surface area contributed by atoms with E-state index in [0.29, 0.717) is 28.4 Å². The van der Waals surface area contributed by atoms with Crippen LogP contribution in [-0.2, 0) is 10.0 Å². The van der Waals surface area contributed by atoms with Crippen LogP contribution in [0.2, 0.25) is 0 Å². The first kappa shape index (κ1) is 20.5. The number of benzene rings is 3. The van der Waals surface area contributed by atoms with E-state index >= 15 is 0 Å². The zero-order valence-corrected chi connectivity index (χ0v) is 17.8. The number of hydrogen-bond donors (Lipinski definition) is 3. The molecule has 1 amide bonds. The Morgan fingerprint density at radius 2 is 1.71 bits per heavy atom. The Kier molecular flexibility index (Phi) is 5.39. The third-order valence-electron chi connectivity index (χ3n) is 4.86. The number of nitrogens with one attached hydrogen (secondary N) is 3. The number of H-pyrrole nitrogens is 1. The maximum Gasteiger partial charge on any atom is 0.272 e. The lowest BCUT2D eigenvalue weighted by Crippen LogP contribution is -2.16. The number of aryl methyl sites for hydroxylation is 1. The number of fused-ring (bicyclic) bond motifs is 1. The number of methoxy groups -OCH3 is 1. The Hall–Kier alpha value is -3.78. The number of carbonyl (C=O) groups is 1. The van der Waals surface area contributed by atoms with Crippen LogP contribution in [0.15, 0.2) is 77.7 Å². The third kappa shape index (κ3) is 4.24. The molecule has 0 saturated heterocycles. The number of amides is 1. The van der Waals surface area contributed by atoms with Crippen LogP contribution in [0.5, 0.6) is 5.75 Å². The van der Waals surface area contributed by atoms with Gasteiger partial charge < -0.3 is 15.0 Å². The number of rotatable bonds is 6. The topological polar surface area (TPSA) is 100 Å². The van der Waals surface area contributed by atoms with Crippen molar-refractivity contribution in [1.29, 1.82) is 0 Å². The van der Waals surface area contributed by atoms with E-state index in [4.69, 9.17) is 4.74 Å². The monoisotopic (exact) mass is 435 g/mol. The van der Waals surface area contributed by atoms with Crippen LogP contribution in [0, 0.1) is 6.92 Å². The number of para-hydroxylation sites is 3. The zero-order chi connectivity index (χ0) is 22.0. The number of anilines is 2. The molecule has 4 rings (SSSR count). The van der Waals surface area contributed by atoms with Gasteiger partial charge in [0.2, 0.25) is 0 Å². The Balaban J connectivity index is 1.61. The quantitative estimate of drug-likeness (QED) is 0.414. The van der Waals surface area contributed by atoms with Crippen molar-refractivity contribution in [1.82, 2.24) is 4.98 Å². The molecule has 1 aromatic heterocycles. The summed E-state index contributed by atoms with van der Waals surface area (Å²) in [6.45, 7) is 1.69. The molecular weight excluding hydrogens is 414 g/mol. The molecule has 0 bridgehead atoms. The van der Waals surface area contributed by atoms with E-state index in [1.54, 1.807) is 49.4 Å². The first-order valence-corrected chi connectivity index (χ1v) is 11.0. The van der Waals surface area contributed by atoms with Crippen LogP contribution in [-0.4, -0.2) is 26.4 Å². The smallest absolute Gasteiger partial charge is 0.272 e. The average molecular weight is 436 g/mol. The van der Waals surface area contributed by atoms with Gasteiger partial charge in [-0.1, -0.05) is 36.4 Å². The number of carbonyl (C=O) groups excluding carboxylic acids is 1. The second-order valence-electron chi connectivity index (χ2n) is 7.01. The second-order valence-corrected chi connectivity index (χ2v) is 8.66. The van der Waals surface area contributed by atoms with Gasteiger partial charge in [0.25, 0.3) is 15.9 Å². The molecule has 0 atom stereocenters. The van der Waals surface area contributed by atoms with Crippen LogP contribution < -0.4 is 14.8 Å². The maximum atomic E-state index is 13.0. The molecule has 0 aliphatic rings. The number of sulfonamides is 1. The molecule has 0 spiro atoms. The standard InChI is InChI=1S/C23H21N3O4S/c1-15-11-12-17(24-23(27)20-13-16-7-3-4-8-18(16)25-20)14-22(15)31(28,29)26-19-9-5-6-10-21(19)30-2/h3-14,25-26H,1-2H3,(H,24,27). The summed E-state index contributed by atoms with van der Waals surface area (Å²) in [7, 11) is -2.44. The van der Waals surface area contributed by atoms with Crippen molar-refractivity contribution in [3.63, 3.8) is 0 Å². The van der Waals surface area contributed by atoms with Gasteiger partial charge in [0.1, 0.15) is 11.4 Å². The van der Waals surface area contributed by atoms with E-state index in [9.17, 15) is 13.2 Å². The average Bonchev–Trinajstić information content (AvgIpc) is 3.19. The Labute approximate surface area is 180 Å². The van der Waals surface area contributed by atoms with Gasteiger partial charge in [0, 0.05) is 16.6 Å². The fourth-order valence-corrected chi connectivity index (χ4v) is 4.63. The molecule has 4 aromatic rings. The van der Waals surface area contributed by atoms with Crippen LogP contribution >= 0.6 is 0 Å². The van der Waals surface area contributed by atoms with Crippen molar-refractivity contribution in [2.24, 2.45) is 0 Å². The highest BCUT2D eigenvalue weighted by molar-refractivity contribution is 7.92. The van der Waals surface area contributed by atoms with Crippen LogP contribution in [0.4, 0.5) is 11.4 Å². The van der Waals surface area contributed by atoms with E-state index in [2.05, 4.69) is 15.0 Å². The molecule has 0 radical (unpaired) electrons. The molecule has 0 aliphatic heterocycles. The minimum absolute atomic E-state index is 0.0628. The summed E-state index contributed by atoms with van der Waals surface area (Å²) in [4.78, 5) is 15.8. The fourth-order valence-electron chi connectivity index (χ4n) is 3.29. The van der Waals surface area contributed by atoms with E-state index in [0.717, 1.165) is 10.9 Å². The zero-order valence-electron chi connectivity index (χ0n) is 17.0. The van der Waals surface area contributed by atoms with Gasteiger partial charge in [-0.15, -0.1) is 0 Å². The molecule has 7 nitrogen and oxygen atoms in total. The Bertz CT molecular complexity index is 1340. The van der Waals surface area contributed by atoms with Gasteiger partial charge in [-0.05, 0) is 48.9 Å². The van der Waals surface area contributed by atoms with Crippen molar-refractivity contribution in [3.05, 3.63) is 84.1 Å². The van der Waals surface area contributed by atoms with Gasteiger partial charge in [0.05, 0.1) is 17.7 Å². The summed E-state index contributed by atoms with van der Waals surface area (Å²) >= 11 is 0. The van der Waals surface area contributed by atoms with Gasteiger partial charge in [-0.3, -0.25) is 9.52 Å². The van der Waals surface area contributed by atoms with Crippen LogP contribution in [0.1, 0.15) is 16.1 Å². The van der Waals surface area contributed by atoms with Gasteiger partial charge in [-0.25, -0.2) is 8.42 Å².